The Kier molecular flexibility index (Phi) is 2.65. The summed E-state index contributed by atoms with van der Waals surface area (Å²) in [7, 11) is 0. The summed E-state index contributed by atoms with van der Waals surface area (Å²) in [6.45, 7) is 2.07. The van der Waals surface area contributed by atoms with Crippen molar-refractivity contribution in [2.75, 3.05) is 5.88 Å². The van der Waals surface area contributed by atoms with Crippen LogP contribution in [-0.4, -0.2) is 12.0 Å². The van der Waals surface area contributed by atoms with E-state index < -0.39 is 0 Å². The van der Waals surface area contributed by atoms with Crippen LogP contribution in [0.15, 0.2) is 18.2 Å². The van der Waals surface area contributed by atoms with E-state index in [0.29, 0.717) is 12.0 Å². The Hall–Kier alpha value is -1.13. The molecule has 0 bridgehead atoms. The molecule has 1 aromatic carbocycles. The topological polar surface area (TPSA) is 9.23 Å². The van der Waals surface area contributed by atoms with Crippen molar-refractivity contribution in [3.63, 3.8) is 0 Å². The van der Waals surface area contributed by atoms with Crippen molar-refractivity contribution in [2.24, 2.45) is 0 Å². The molecule has 0 saturated heterocycles. The second-order valence-corrected chi connectivity index (χ2v) is 3.66. The van der Waals surface area contributed by atoms with Crippen LogP contribution in [0.5, 0.6) is 5.75 Å². The molecule has 0 N–H and O–H groups in total. The highest BCUT2D eigenvalue weighted by Gasteiger charge is 2.18. The van der Waals surface area contributed by atoms with Gasteiger partial charge < -0.3 is 4.74 Å². The Morgan fingerprint density at radius 2 is 2.43 bits per heavy atom. The molecule has 1 aromatic rings. The maximum absolute atomic E-state index is 5.59. The Morgan fingerprint density at radius 1 is 1.57 bits per heavy atom. The zero-order valence-electron chi connectivity index (χ0n) is 8.01. The molecular formula is C12H11ClO. The molecule has 1 aliphatic rings. The summed E-state index contributed by atoms with van der Waals surface area (Å²) in [6, 6.07) is 6.03. The highest BCUT2D eigenvalue weighted by atomic mass is 35.5. The lowest BCUT2D eigenvalue weighted by atomic mass is 10.1. The molecule has 1 heterocycles. The molecule has 1 unspecified atom stereocenters. The van der Waals surface area contributed by atoms with Crippen LogP contribution in [0.2, 0.25) is 0 Å². The SMILES string of the molecule is CC1Cc2cc(C#CCCl)ccc2O1. The Labute approximate surface area is 89.0 Å². The van der Waals surface area contributed by atoms with E-state index in [2.05, 4.69) is 24.8 Å². The van der Waals surface area contributed by atoms with Crippen molar-refractivity contribution >= 4 is 11.6 Å². The Morgan fingerprint density at radius 3 is 3.21 bits per heavy atom. The predicted molar refractivity (Wildman–Crippen MR) is 57.8 cm³/mol. The third-order valence-corrected chi connectivity index (χ3v) is 2.33. The van der Waals surface area contributed by atoms with Crippen molar-refractivity contribution < 1.29 is 4.74 Å². The fraction of sp³-hybridized carbons (Fsp3) is 0.333. The maximum Gasteiger partial charge on any atom is 0.123 e. The third kappa shape index (κ3) is 1.86. The molecule has 1 nitrogen and oxygen atoms in total. The molecular weight excluding hydrogens is 196 g/mol. The standard InChI is InChI=1S/C12H11ClO/c1-9-7-11-8-10(3-2-6-13)4-5-12(11)14-9/h4-5,8-9H,6-7H2,1H3. The molecule has 0 radical (unpaired) electrons. The predicted octanol–water partition coefficient (Wildman–Crippen LogP) is 2.60. The number of benzene rings is 1. The highest BCUT2D eigenvalue weighted by molar-refractivity contribution is 6.19. The van der Waals surface area contributed by atoms with Crippen molar-refractivity contribution in [3.8, 4) is 17.6 Å². The molecule has 14 heavy (non-hydrogen) atoms. The van der Waals surface area contributed by atoms with Crippen LogP contribution in [0, 0.1) is 11.8 Å². The first-order valence-corrected chi connectivity index (χ1v) is 5.17. The van der Waals surface area contributed by atoms with Gasteiger partial charge in [0.1, 0.15) is 11.9 Å². The van der Waals surface area contributed by atoms with Crippen molar-refractivity contribution in [1.29, 1.82) is 0 Å². The first-order valence-electron chi connectivity index (χ1n) is 4.64. The first-order chi connectivity index (χ1) is 6.79. The van der Waals surface area contributed by atoms with E-state index in [1.165, 1.54) is 5.56 Å². The van der Waals surface area contributed by atoms with Gasteiger partial charge in [0.15, 0.2) is 0 Å². The number of rotatable bonds is 0. The average molecular weight is 207 g/mol. The number of halogens is 1. The second-order valence-electron chi connectivity index (χ2n) is 3.39. The van der Waals surface area contributed by atoms with E-state index in [1.54, 1.807) is 0 Å². The third-order valence-electron chi connectivity index (χ3n) is 2.20. The zero-order valence-corrected chi connectivity index (χ0v) is 8.77. The summed E-state index contributed by atoms with van der Waals surface area (Å²) in [5.74, 6) is 7.22. The molecule has 0 aromatic heterocycles. The summed E-state index contributed by atoms with van der Waals surface area (Å²) in [5, 5.41) is 0. The van der Waals surface area contributed by atoms with Crippen LogP contribution in [0.3, 0.4) is 0 Å². The highest BCUT2D eigenvalue weighted by Crippen LogP contribution is 2.28. The second kappa shape index (κ2) is 3.94. The monoisotopic (exact) mass is 206 g/mol. The normalized spacial score (nSPS) is 18.0. The fourth-order valence-corrected chi connectivity index (χ4v) is 1.70. The molecule has 1 atom stereocenters. The zero-order chi connectivity index (χ0) is 9.97. The number of alkyl halides is 1. The smallest absolute Gasteiger partial charge is 0.123 e. The van der Waals surface area contributed by atoms with E-state index in [4.69, 9.17) is 16.3 Å². The molecule has 2 rings (SSSR count). The summed E-state index contributed by atoms with van der Waals surface area (Å²) >= 11 is 5.49. The lowest BCUT2D eigenvalue weighted by Gasteiger charge is -2.01. The quantitative estimate of drug-likeness (QED) is 0.469. The van der Waals surface area contributed by atoms with Gasteiger partial charge in [-0.25, -0.2) is 0 Å². The molecule has 1 aliphatic heterocycles. The van der Waals surface area contributed by atoms with Crippen molar-refractivity contribution in [2.45, 2.75) is 19.4 Å². The lowest BCUT2D eigenvalue weighted by molar-refractivity contribution is 0.254. The first kappa shape index (κ1) is 9.43. The van der Waals surface area contributed by atoms with E-state index >= 15 is 0 Å². The van der Waals surface area contributed by atoms with Crippen LogP contribution in [0.25, 0.3) is 0 Å². The summed E-state index contributed by atoms with van der Waals surface area (Å²) < 4.78 is 5.59. The molecule has 2 heteroatoms. The van der Waals surface area contributed by atoms with Gasteiger partial charge in [0.25, 0.3) is 0 Å². The van der Waals surface area contributed by atoms with Gasteiger partial charge in [0.05, 0.1) is 5.88 Å². The van der Waals surface area contributed by atoms with Gasteiger partial charge in [-0.2, -0.15) is 0 Å². The lowest BCUT2D eigenvalue weighted by Crippen LogP contribution is -2.05. The average Bonchev–Trinajstić information content (AvgIpc) is 2.54. The van der Waals surface area contributed by atoms with E-state index in [-0.39, 0.29) is 0 Å². The van der Waals surface area contributed by atoms with Gasteiger partial charge in [0.2, 0.25) is 0 Å². The Bertz CT molecular complexity index is 401. The van der Waals surface area contributed by atoms with Gasteiger partial charge in [-0.05, 0) is 30.7 Å². The molecule has 0 spiro atoms. The molecule has 0 aliphatic carbocycles. The van der Waals surface area contributed by atoms with Gasteiger partial charge in [-0.1, -0.05) is 11.8 Å². The van der Waals surface area contributed by atoms with Gasteiger partial charge in [-0.3, -0.25) is 0 Å². The summed E-state index contributed by atoms with van der Waals surface area (Å²) in [6.07, 6.45) is 1.27. The van der Waals surface area contributed by atoms with Crippen LogP contribution in [-0.2, 0) is 6.42 Å². The molecule has 0 fully saturated rings. The van der Waals surface area contributed by atoms with E-state index in [0.717, 1.165) is 17.7 Å². The van der Waals surface area contributed by atoms with Gasteiger partial charge in [-0.15, -0.1) is 11.6 Å². The number of fused-ring (bicyclic) bond motifs is 1. The van der Waals surface area contributed by atoms with Gasteiger partial charge in [0, 0.05) is 12.0 Å². The minimum Gasteiger partial charge on any atom is -0.490 e. The summed E-state index contributed by atoms with van der Waals surface area (Å²) in [4.78, 5) is 0. The van der Waals surface area contributed by atoms with Crippen LogP contribution in [0.1, 0.15) is 18.1 Å². The number of ether oxygens (including phenoxy) is 1. The minimum atomic E-state index is 0.293. The molecule has 72 valence electrons. The van der Waals surface area contributed by atoms with Crippen molar-refractivity contribution in [3.05, 3.63) is 29.3 Å². The largest absolute Gasteiger partial charge is 0.490 e. The van der Waals surface area contributed by atoms with Gasteiger partial charge >= 0.3 is 0 Å². The fourth-order valence-electron chi connectivity index (χ4n) is 1.64. The molecule has 0 amide bonds. The summed E-state index contributed by atoms with van der Waals surface area (Å²) in [5.41, 5.74) is 2.26. The van der Waals surface area contributed by atoms with Crippen LogP contribution in [0.4, 0.5) is 0 Å². The van der Waals surface area contributed by atoms with E-state index in [1.807, 2.05) is 12.1 Å². The van der Waals surface area contributed by atoms with E-state index in [9.17, 15) is 0 Å². The van der Waals surface area contributed by atoms with Crippen LogP contribution >= 0.6 is 11.6 Å². The Balaban J connectivity index is 2.28. The minimum absolute atomic E-state index is 0.293. The van der Waals surface area contributed by atoms with Crippen LogP contribution < -0.4 is 4.74 Å². The maximum atomic E-state index is 5.59. The molecule has 0 saturated carbocycles. The van der Waals surface area contributed by atoms with Crippen molar-refractivity contribution in [1.82, 2.24) is 0 Å². The number of hydrogen-bond donors (Lipinski definition) is 0. The number of hydrogen-bond acceptors (Lipinski definition) is 1.